The van der Waals surface area contributed by atoms with Crippen LogP contribution in [0.3, 0.4) is 0 Å². The normalized spacial score (nSPS) is 10.5. The molecule has 0 saturated heterocycles. The van der Waals surface area contributed by atoms with E-state index in [1.807, 2.05) is 23.7 Å². The fraction of sp³-hybridized carbons (Fsp3) is 0.179. The molecule has 2 heterocycles. The van der Waals surface area contributed by atoms with Crippen molar-refractivity contribution in [1.82, 2.24) is 9.55 Å². The molecule has 0 radical (unpaired) electrons. The Hall–Kier alpha value is -4.70. The number of carboxylic acid groups (broad SMARTS) is 1. The summed E-state index contributed by atoms with van der Waals surface area (Å²) in [6.45, 7) is -0.115. The van der Waals surface area contributed by atoms with Gasteiger partial charge in [-0.1, -0.05) is 30.3 Å². The van der Waals surface area contributed by atoms with E-state index in [2.05, 4.69) is 4.98 Å². The molecule has 0 aliphatic rings. The van der Waals surface area contributed by atoms with Gasteiger partial charge in [-0.25, -0.2) is 9.78 Å². The standard InChI is InChI=1S/C28H27N5O5.ClH/c1-32-17-22(24(34)12-7-18-5-8-19(9-6-18)27(29)30)21-16-20(10-11-23(21)32)38-28(37)33(15-13-26(35)36)25-4-2-3-14-31-25;/h2-6,8-11,14,16-17H,7,12-13,15H2,1H3,(H3,29,30)(H,35,36);1H. The van der Waals surface area contributed by atoms with Gasteiger partial charge in [-0.2, -0.15) is 0 Å². The van der Waals surface area contributed by atoms with Crippen molar-refractivity contribution >= 4 is 52.8 Å². The Bertz CT molecular complexity index is 1500. The Morgan fingerprint density at radius 2 is 1.82 bits per heavy atom. The molecule has 0 bridgehead atoms. The minimum Gasteiger partial charge on any atom is -0.481 e. The summed E-state index contributed by atoms with van der Waals surface area (Å²) in [5.41, 5.74) is 8.38. The van der Waals surface area contributed by atoms with Crippen molar-refractivity contribution in [2.24, 2.45) is 12.8 Å². The number of carboxylic acids is 1. The number of ketones is 1. The molecule has 11 heteroatoms. The zero-order chi connectivity index (χ0) is 27.2. The zero-order valence-electron chi connectivity index (χ0n) is 21.2. The van der Waals surface area contributed by atoms with Gasteiger partial charge >= 0.3 is 12.1 Å². The maximum Gasteiger partial charge on any atom is 0.420 e. The molecule has 202 valence electrons. The summed E-state index contributed by atoms with van der Waals surface area (Å²) in [5, 5.41) is 17.2. The molecular weight excluding hydrogens is 522 g/mol. The number of carbonyl (C=O) groups is 3. The van der Waals surface area contributed by atoms with Gasteiger partial charge < -0.3 is 20.1 Å². The van der Waals surface area contributed by atoms with Crippen LogP contribution in [0.15, 0.2) is 73.1 Å². The second-order valence-electron chi connectivity index (χ2n) is 8.72. The maximum absolute atomic E-state index is 13.1. The number of fused-ring (bicyclic) bond motifs is 1. The number of hydrogen-bond acceptors (Lipinski definition) is 6. The van der Waals surface area contributed by atoms with Crippen LogP contribution in [0.1, 0.15) is 34.3 Å². The maximum atomic E-state index is 13.1. The molecule has 10 nitrogen and oxygen atoms in total. The van der Waals surface area contributed by atoms with E-state index in [1.165, 1.54) is 6.20 Å². The van der Waals surface area contributed by atoms with E-state index in [-0.39, 0.29) is 55.0 Å². The van der Waals surface area contributed by atoms with Crippen molar-refractivity contribution in [2.45, 2.75) is 19.3 Å². The average molecular weight is 550 g/mol. The summed E-state index contributed by atoms with van der Waals surface area (Å²) in [6.07, 6.45) is 2.99. The van der Waals surface area contributed by atoms with Crippen molar-refractivity contribution in [3.8, 4) is 5.75 Å². The highest BCUT2D eigenvalue weighted by Crippen LogP contribution is 2.28. The Balaban J connectivity index is 0.00000420. The van der Waals surface area contributed by atoms with Crippen molar-refractivity contribution in [3.05, 3.63) is 89.7 Å². The molecule has 0 unspecified atom stereocenters. The smallest absolute Gasteiger partial charge is 0.420 e. The van der Waals surface area contributed by atoms with Crippen molar-refractivity contribution < 1.29 is 24.2 Å². The van der Waals surface area contributed by atoms with Gasteiger partial charge in [0.1, 0.15) is 17.4 Å². The van der Waals surface area contributed by atoms with Crippen LogP contribution in [0.4, 0.5) is 10.6 Å². The molecule has 0 fully saturated rings. The van der Waals surface area contributed by atoms with Gasteiger partial charge in [0.15, 0.2) is 5.78 Å². The first kappa shape index (κ1) is 28.9. The zero-order valence-corrected chi connectivity index (χ0v) is 22.0. The predicted octanol–water partition coefficient (Wildman–Crippen LogP) is 4.57. The number of anilines is 1. The van der Waals surface area contributed by atoms with Gasteiger partial charge in [0.2, 0.25) is 0 Å². The van der Waals surface area contributed by atoms with Crippen LogP contribution in [0, 0.1) is 5.41 Å². The van der Waals surface area contributed by atoms with Crippen LogP contribution < -0.4 is 15.4 Å². The van der Waals surface area contributed by atoms with E-state index >= 15 is 0 Å². The summed E-state index contributed by atoms with van der Waals surface area (Å²) in [4.78, 5) is 42.5. The number of amides is 1. The van der Waals surface area contributed by atoms with E-state index in [9.17, 15) is 14.4 Å². The van der Waals surface area contributed by atoms with Gasteiger partial charge in [-0.15, -0.1) is 12.4 Å². The molecule has 39 heavy (non-hydrogen) atoms. The van der Waals surface area contributed by atoms with Crippen molar-refractivity contribution in [2.75, 3.05) is 11.4 Å². The number of halogens is 1. The number of nitrogens with one attached hydrogen (secondary N) is 1. The first-order valence-electron chi connectivity index (χ1n) is 11.9. The lowest BCUT2D eigenvalue weighted by atomic mass is 10.0. The molecule has 4 rings (SSSR count). The second kappa shape index (κ2) is 12.7. The molecule has 1 amide bonds. The number of nitrogen functional groups attached to an aromatic ring is 1. The number of aryl methyl sites for hydroxylation is 2. The second-order valence-corrected chi connectivity index (χ2v) is 8.72. The van der Waals surface area contributed by atoms with E-state index < -0.39 is 12.1 Å². The Labute approximate surface area is 230 Å². The molecule has 2 aromatic heterocycles. The Kier molecular flexibility index (Phi) is 9.40. The highest BCUT2D eigenvalue weighted by atomic mass is 35.5. The largest absolute Gasteiger partial charge is 0.481 e. The molecule has 0 aliphatic carbocycles. The fourth-order valence-corrected chi connectivity index (χ4v) is 4.08. The van der Waals surface area contributed by atoms with Crippen LogP contribution >= 0.6 is 12.4 Å². The third-order valence-corrected chi connectivity index (χ3v) is 6.07. The minimum absolute atomic E-state index is 0. The van der Waals surface area contributed by atoms with Gasteiger partial charge in [0.25, 0.3) is 0 Å². The van der Waals surface area contributed by atoms with E-state index in [0.717, 1.165) is 16.0 Å². The first-order chi connectivity index (χ1) is 18.2. The van der Waals surface area contributed by atoms with E-state index in [4.69, 9.17) is 21.0 Å². The molecule has 0 atom stereocenters. The number of nitrogens with two attached hydrogens (primary N) is 1. The summed E-state index contributed by atoms with van der Waals surface area (Å²) in [7, 11) is 1.83. The van der Waals surface area contributed by atoms with Gasteiger partial charge in [-0.3, -0.25) is 19.9 Å². The fourth-order valence-electron chi connectivity index (χ4n) is 4.08. The topological polar surface area (TPSA) is 152 Å². The van der Waals surface area contributed by atoms with Crippen LogP contribution in [0.2, 0.25) is 0 Å². The number of nitrogens with zero attached hydrogens (tertiary/aromatic N) is 3. The quantitative estimate of drug-likeness (QED) is 0.149. The van der Waals surface area contributed by atoms with Gasteiger partial charge in [0, 0.05) is 54.4 Å². The number of aromatic nitrogens is 2. The number of pyridine rings is 1. The lowest BCUT2D eigenvalue weighted by Gasteiger charge is -2.20. The minimum atomic E-state index is -1.05. The molecular formula is C28H28ClN5O5. The molecule has 4 aromatic rings. The highest BCUT2D eigenvalue weighted by molar-refractivity contribution is 6.08. The number of rotatable bonds is 10. The van der Waals surface area contributed by atoms with Crippen LogP contribution in [-0.4, -0.2) is 44.9 Å². The van der Waals surface area contributed by atoms with E-state index in [1.54, 1.807) is 54.7 Å². The van der Waals surface area contributed by atoms with Crippen LogP contribution in [0.5, 0.6) is 5.75 Å². The molecule has 4 N–H and O–H groups in total. The lowest BCUT2D eigenvalue weighted by Crippen LogP contribution is -2.36. The van der Waals surface area contributed by atoms with Crippen molar-refractivity contribution in [3.63, 3.8) is 0 Å². The highest BCUT2D eigenvalue weighted by Gasteiger charge is 2.21. The molecule has 0 aliphatic heterocycles. The predicted molar refractivity (Wildman–Crippen MR) is 150 cm³/mol. The number of aliphatic carboxylic acids is 1. The van der Waals surface area contributed by atoms with Gasteiger partial charge in [-0.05, 0) is 42.3 Å². The number of benzene rings is 2. The third-order valence-electron chi connectivity index (χ3n) is 6.07. The van der Waals surface area contributed by atoms with Crippen LogP contribution in [-0.2, 0) is 18.3 Å². The number of ether oxygens (including phenoxy) is 1. The van der Waals surface area contributed by atoms with E-state index in [0.29, 0.717) is 22.9 Å². The summed E-state index contributed by atoms with van der Waals surface area (Å²) in [5.74, 6) is -0.635. The van der Waals surface area contributed by atoms with Crippen molar-refractivity contribution in [1.29, 1.82) is 5.41 Å². The number of hydrogen-bond donors (Lipinski definition) is 3. The monoisotopic (exact) mass is 549 g/mol. The summed E-state index contributed by atoms with van der Waals surface area (Å²) in [6, 6.07) is 17.2. The molecule has 0 spiro atoms. The average Bonchev–Trinajstić information content (AvgIpc) is 3.23. The SMILES string of the molecule is Cl.Cn1cc(C(=O)CCc2ccc(C(=N)N)cc2)c2cc(OC(=O)N(CCC(=O)O)c3ccccn3)ccc21. The lowest BCUT2D eigenvalue weighted by molar-refractivity contribution is -0.136. The summed E-state index contributed by atoms with van der Waals surface area (Å²) < 4.78 is 7.42. The van der Waals surface area contributed by atoms with Crippen LogP contribution in [0.25, 0.3) is 10.9 Å². The number of Topliss-reactive ketones (excluding diaryl/α,β-unsaturated/α-hetero) is 1. The molecule has 2 aromatic carbocycles. The number of amidine groups is 1. The first-order valence-corrected chi connectivity index (χ1v) is 11.9. The van der Waals surface area contributed by atoms with Gasteiger partial charge in [0.05, 0.1) is 6.42 Å². The Morgan fingerprint density at radius 3 is 2.46 bits per heavy atom. The number of carbonyl (C=O) groups excluding carboxylic acids is 2. The molecule has 0 saturated carbocycles. The summed E-state index contributed by atoms with van der Waals surface area (Å²) >= 11 is 0. The Morgan fingerprint density at radius 1 is 1.08 bits per heavy atom. The third kappa shape index (κ3) is 6.99.